The molecule has 1 N–H and O–H groups in total. The lowest BCUT2D eigenvalue weighted by molar-refractivity contribution is -0.146. The van der Waals surface area contributed by atoms with Crippen LogP contribution in [0.3, 0.4) is 0 Å². The van der Waals surface area contributed by atoms with Crippen LogP contribution in [0.2, 0.25) is 0 Å². The number of nitrogens with zero attached hydrogens (tertiary/aromatic N) is 4. The van der Waals surface area contributed by atoms with Crippen molar-refractivity contribution in [3.05, 3.63) is 54.2 Å². The molecule has 33 heavy (non-hydrogen) atoms. The number of carbonyl (C=O) groups is 1. The van der Waals surface area contributed by atoms with Crippen LogP contribution in [0.15, 0.2) is 43.0 Å². The predicted molar refractivity (Wildman–Crippen MR) is 127 cm³/mol. The lowest BCUT2D eigenvalue weighted by Crippen LogP contribution is -2.44. The smallest absolute Gasteiger partial charge is 0.308 e. The highest BCUT2D eigenvalue weighted by molar-refractivity contribution is 5.83. The Balaban J connectivity index is 1.34. The molecule has 0 unspecified atom stereocenters. The standard InChI is InChI=1S/C26H30N4O3/c1-29-18-27-16-21(29)7-4-13-30-14-11-20(24(17-30)26(31)32)6-3-5-19-10-12-28-25-9-8-22(33-2)15-23(19)25/h8-10,12,15-16,18,20,24H,3,5-6,11,13-14,17H2,1-2H3,(H,31,32)/t20-,24+/m1/s1. The summed E-state index contributed by atoms with van der Waals surface area (Å²) in [5.41, 5.74) is 3.05. The van der Waals surface area contributed by atoms with E-state index in [-0.39, 0.29) is 11.8 Å². The van der Waals surface area contributed by atoms with Gasteiger partial charge in [-0.05, 0) is 73.9 Å². The van der Waals surface area contributed by atoms with E-state index in [1.54, 1.807) is 19.6 Å². The maximum absolute atomic E-state index is 12.0. The van der Waals surface area contributed by atoms with Gasteiger partial charge in [-0.2, -0.15) is 0 Å². The minimum Gasteiger partial charge on any atom is -0.497 e. The zero-order valence-corrected chi connectivity index (χ0v) is 19.2. The maximum atomic E-state index is 12.0. The number of benzene rings is 1. The van der Waals surface area contributed by atoms with E-state index in [1.807, 2.05) is 36.0 Å². The number of aliphatic carboxylic acids is 1. The van der Waals surface area contributed by atoms with Crippen molar-refractivity contribution in [1.82, 2.24) is 19.4 Å². The molecule has 1 aliphatic rings. The van der Waals surface area contributed by atoms with Crippen molar-refractivity contribution in [1.29, 1.82) is 0 Å². The van der Waals surface area contributed by atoms with E-state index in [9.17, 15) is 9.90 Å². The van der Waals surface area contributed by atoms with E-state index in [4.69, 9.17) is 4.74 Å². The van der Waals surface area contributed by atoms with E-state index in [0.717, 1.165) is 54.6 Å². The van der Waals surface area contributed by atoms with E-state index in [0.29, 0.717) is 13.1 Å². The van der Waals surface area contributed by atoms with Gasteiger partial charge < -0.3 is 14.4 Å². The molecule has 0 radical (unpaired) electrons. The third-order valence-electron chi connectivity index (χ3n) is 6.55. The van der Waals surface area contributed by atoms with Crippen LogP contribution in [-0.4, -0.2) is 57.3 Å². The van der Waals surface area contributed by atoms with Crippen LogP contribution in [-0.2, 0) is 18.3 Å². The van der Waals surface area contributed by atoms with Crippen LogP contribution in [0.5, 0.6) is 5.75 Å². The number of ether oxygens (including phenoxy) is 1. The van der Waals surface area contributed by atoms with Gasteiger partial charge in [0.25, 0.3) is 0 Å². The Morgan fingerprint density at radius 3 is 2.97 bits per heavy atom. The molecule has 0 bridgehead atoms. The first kappa shape index (κ1) is 22.8. The minimum atomic E-state index is -0.705. The van der Waals surface area contributed by atoms with Crippen LogP contribution >= 0.6 is 0 Å². The number of piperidine rings is 1. The Hall–Kier alpha value is -3.37. The molecule has 1 saturated heterocycles. The fraction of sp³-hybridized carbons (Fsp3) is 0.423. The highest BCUT2D eigenvalue weighted by atomic mass is 16.5. The number of aryl methyl sites for hydroxylation is 2. The normalized spacial score (nSPS) is 18.6. The third-order valence-corrected chi connectivity index (χ3v) is 6.55. The average molecular weight is 447 g/mol. The van der Waals surface area contributed by atoms with Crippen molar-refractivity contribution in [3.63, 3.8) is 0 Å². The van der Waals surface area contributed by atoms with E-state index in [1.165, 1.54) is 5.56 Å². The number of hydrogen-bond donors (Lipinski definition) is 1. The van der Waals surface area contributed by atoms with Crippen LogP contribution < -0.4 is 4.74 Å². The van der Waals surface area contributed by atoms with Gasteiger partial charge in [-0.3, -0.25) is 14.7 Å². The van der Waals surface area contributed by atoms with Crippen molar-refractivity contribution >= 4 is 16.9 Å². The monoisotopic (exact) mass is 446 g/mol. The second-order valence-electron chi connectivity index (χ2n) is 8.67. The first-order valence-electron chi connectivity index (χ1n) is 11.4. The van der Waals surface area contributed by atoms with Gasteiger partial charge in [0, 0.05) is 25.2 Å². The van der Waals surface area contributed by atoms with Crippen LogP contribution in [0, 0.1) is 23.7 Å². The zero-order valence-electron chi connectivity index (χ0n) is 19.2. The Kier molecular flexibility index (Phi) is 7.26. The van der Waals surface area contributed by atoms with Gasteiger partial charge in [0.2, 0.25) is 0 Å². The van der Waals surface area contributed by atoms with Gasteiger partial charge in [-0.1, -0.05) is 5.92 Å². The van der Waals surface area contributed by atoms with Gasteiger partial charge in [0.15, 0.2) is 0 Å². The summed E-state index contributed by atoms with van der Waals surface area (Å²) < 4.78 is 7.25. The molecular weight excluding hydrogens is 416 g/mol. The van der Waals surface area contributed by atoms with Crippen molar-refractivity contribution < 1.29 is 14.6 Å². The maximum Gasteiger partial charge on any atom is 0.308 e. The predicted octanol–water partition coefficient (Wildman–Crippen LogP) is 3.37. The summed E-state index contributed by atoms with van der Waals surface area (Å²) in [7, 11) is 3.58. The molecule has 1 aromatic carbocycles. The highest BCUT2D eigenvalue weighted by Crippen LogP contribution is 2.30. The number of aromatic nitrogens is 3. The van der Waals surface area contributed by atoms with Gasteiger partial charge in [0.05, 0.1) is 37.6 Å². The van der Waals surface area contributed by atoms with Gasteiger partial charge in [-0.25, -0.2) is 4.98 Å². The quantitative estimate of drug-likeness (QED) is 0.561. The largest absolute Gasteiger partial charge is 0.497 e. The second kappa shape index (κ2) is 10.5. The van der Waals surface area contributed by atoms with Crippen LogP contribution in [0.1, 0.15) is 30.5 Å². The lowest BCUT2D eigenvalue weighted by Gasteiger charge is -2.35. The molecule has 172 valence electrons. The van der Waals surface area contributed by atoms with Crippen LogP contribution in [0.4, 0.5) is 0 Å². The average Bonchev–Trinajstić information content (AvgIpc) is 3.24. The Morgan fingerprint density at radius 1 is 1.33 bits per heavy atom. The summed E-state index contributed by atoms with van der Waals surface area (Å²) in [5.74, 6) is 6.23. The van der Waals surface area contributed by atoms with Crippen LogP contribution in [0.25, 0.3) is 10.9 Å². The fourth-order valence-electron chi connectivity index (χ4n) is 4.64. The number of methoxy groups -OCH3 is 1. The molecule has 7 heteroatoms. The molecule has 0 aliphatic carbocycles. The molecule has 0 saturated carbocycles. The summed E-state index contributed by atoms with van der Waals surface area (Å²) in [5, 5.41) is 11.0. The number of carboxylic acids is 1. The molecule has 4 rings (SSSR count). The Morgan fingerprint density at radius 2 is 2.21 bits per heavy atom. The number of rotatable bonds is 7. The van der Waals surface area contributed by atoms with Gasteiger partial charge in [-0.15, -0.1) is 0 Å². The molecular formula is C26H30N4O3. The number of hydrogen-bond acceptors (Lipinski definition) is 5. The number of carboxylic acid groups (broad SMARTS) is 1. The number of fused-ring (bicyclic) bond motifs is 1. The molecule has 2 aromatic heterocycles. The topological polar surface area (TPSA) is 80.5 Å². The van der Waals surface area contributed by atoms with Gasteiger partial charge >= 0.3 is 5.97 Å². The summed E-state index contributed by atoms with van der Waals surface area (Å²) in [6.45, 7) is 2.01. The van der Waals surface area contributed by atoms with Crippen molar-refractivity contribution in [2.45, 2.75) is 25.7 Å². The lowest BCUT2D eigenvalue weighted by atomic mass is 9.81. The first-order valence-corrected chi connectivity index (χ1v) is 11.4. The number of pyridine rings is 1. The summed E-state index contributed by atoms with van der Waals surface area (Å²) in [6.07, 6.45) is 8.94. The summed E-state index contributed by atoms with van der Waals surface area (Å²) in [4.78, 5) is 22.7. The van der Waals surface area contributed by atoms with E-state index in [2.05, 4.69) is 32.8 Å². The summed E-state index contributed by atoms with van der Waals surface area (Å²) in [6, 6.07) is 7.99. The van der Waals surface area contributed by atoms with E-state index >= 15 is 0 Å². The Bertz CT molecular complexity index is 1180. The molecule has 0 spiro atoms. The molecule has 3 aromatic rings. The summed E-state index contributed by atoms with van der Waals surface area (Å²) >= 11 is 0. The van der Waals surface area contributed by atoms with Crippen molar-refractivity contribution in [2.24, 2.45) is 18.9 Å². The highest BCUT2D eigenvalue weighted by Gasteiger charge is 2.33. The van der Waals surface area contributed by atoms with Gasteiger partial charge in [0.1, 0.15) is 11.4 Å². The van der Waals surface area contributed by atoms with Crippen molar-refractivity contribution in [3.8, 4) is 17.6 Å². The van der Waals surface area contributed by atoms with Crippen molar-refractivity contribution in [2.75, 3.05) is 26.7 Å². The third kappa shape index (κ3) is 5.52. The molecule has 1 fully saturated rings. The second-order valence-corrected chi connectivity index (χ2v) is 8.67. The fourth-order valence-corrected chi connectivity index (χ4v) is 4.64. The first-order chi connectivity index (χ1) is 16.0. The molecule has 2 atom stereocenters. The number of likely N-dealkylation sites (tertiary alicyclic amines) is 1. The molecule has 1 aliphatic heterocycles. The zero-order chi connectivity index (χ0) is 23.2. The number of imidazole rings is 1. The SMILES string of the molecule is COc1ccc2nccc(CCC[C@@H]3CCN(CC#Cc4cncn4C)C[C@@H]3C(=O)O)c2c1. The molecule has 3 heterocycles. The minimum absolute atomic E-state index is 0.187. The van der Waals surface area contributed by atoms with E-state index < -0.39 is 5.97 Å². The molecule has 0 amide bonds. The molecule has 7 nitrogen and oxygen atoms in total. The Labute approximate surface area is 194 Å².